The van der Waals surface area contributed by atoms with Crippen LogP contribution in [-0.4, -0.2) is 17.4 Å². The highest BCUT2D eigenvalue weighted by Gasteiger charge is 2.24. The van der Waals surface area contributed by atoms with Crippen LogP contribution in [0.2, 0.25) is 0 Å². The maximum Gasteiger partial charge on any atom is 0.180 e. The van der Waals surface area contributed by atoms with Crippen molar-refractivity contribution in [3.05, 3.63) is 26.7 Å². The minimum Gasteiger partial charge on any atom is -0.506 e. The first-order valence-electron chi connectivity index (χ1n) is 5.84. The van der Waals surface area contributed by atoms with Crippen molar-refractivity contribution in [2.24, 2.45) is 5.73 Å². The van der Waals surface area contributed by atoms with E-state index in [2.05, 4.69) is 15.9 Å². The number of phenols is 1. The molecule has 1 aromatic rings. The molecule has 1 aliphatic rings. The summed E-state index contributed by atoms with van der Waals surface area (Å²) in [4.78, 5) is 11.8. The Kier molecular flexibility index (Phi) is 3.54. The molecule has 3 N–H and O–H groups in total. The summed E-state index contributed by atoms with van der Waals surface area (Å²) in [5.41, 5.74) is 9.04. The summed E-state index contributed by atoms with van der Waals surface area (Å²) in [7, 11) is 0. The zero-order valence-corrected chi connectivity index (χ0v) is 11.4. The summed E-state index contributed by atoms with van der Waals surface area (Å²) in [5.74, 6) is -0.146. The molecule has 4 heteroatoms. The highest BCUT2D eigenvalue weighted by molar-refractivity contribution is 9.10. The maximum absolute atomic E-state index is 11.8. The van der Waals surface area contributed by atoms with E-state index in [0.717, 1.165) is 36.8 Å². The topological polar surface area (TPSA) is 63.3 Å². The zero-order valence-electron chi connectivity index (χ0n) is 9.85. The molecule has 0 unspecified atom stereocenters. The molecule has 92 valence electrons. The van der Waals surface area contributed by atoms with E-state index in [1.165, 1.54) is 5.56 Å². The van der Waals surface area contributed by atoms with Gasteiger partial charge in [-0.3, -0.25) is 4.79 Å². The number of Topliss-reactive ketones (excluding diaryl/α,β-unsaturated/α-hetero) is 1. The van der Waals surface area contributed by atoms with Crippen LogP contribution in [0, 0.1) is 6.92 Å². The fourth-order valence-electron chi connectivity index (χ4n) is 2.59. The van der Waals surface area contributed by atoms with Crippen molar-refractivity contribution >= 4 is 21.7 Å². The van der Waals surface area contributed by atoms with Gasteiger partial charge in [0.1, 0.15) is 5.75 Å². The number of aromatic hydroxyl groups is 1. The zero-order chi connectivity index (χ0) is 12.6. The molecule has 0 spiro atoms. The van der Waals surface area contributed by atoms with Crippen molar-refractivity contribution in [3.63, 3.8) is 0 Å². The van der Waals surface area contributed by atoms with Gasteiger partial charge in [0.25, 0.3) is 0 Å². The predicted octanol–water partition coefficient (Wildman–Crippen LogP) is 2.48. The van der Waals surface area contributed by atoms with Gasteiger partial charge in [-0.1, -0.05) is 0 Å². The van der Waals surface area contributed by atoms with Crippen LogP contribution in [0.1, 0.15) is 39.9 Å². The predicted molar refractivity (Wildman–Crippen MR) is 70.6 cm³/mol. The van der Waals surface area contributed by atoms with Crippen molar-refractivity contribution < 1.29 is 9.90 Å². The first-order chi connectivity index (χ1) is 8.07. The Balaban J connectivity index is 2.70. The lowest BCUT2D eigenvalue weighted by Gasteiger charge is -2.23. The molecule has 0 saturated carbocycles. The SMILES string of the molecule is Cc1c2c(c(Br)c(O)c1C(=O)CN)CCCC2. The Labute approximate surface area is 109 Å². The lowest BCUT2D eigenvalue weighted by Crippen LogP contribution is -2.18. The standard InChI is InChI=1S/C13H16BrNO2/c1-7-8-4-2-3-5-9(8)12(14)13(17)11(7)10(16)6-15/h17H,2-6,15H2,1H3. The molecule has 1 aromatic carbocycles. The molecule has 0 aliphatic heterocycles. The van der Waals surface area contributed by atoms with Crippen LogP contribution in [0.25, 0.3) is 0 Å². The van der Waals surface area contributed by atoms with Crippen LogP contribution in [0.5, 0.6) is 5.75 Å². The number of carbonyl (C=O) groups excluding carboxylic acids is 1. The van der Waals surface area contributed by atoms with Crippen molar-refractivity contribution in [2.45, 2.75) is 32.6 Å². The van der Waals surface area contributed by atoms with Crippen molar-refractivity contribution in [1.82, 2.24) is 0 Å². The number of ketones is 1. The monoisotopic (exact) mass is 297 g/mol. The number of carbonyl (C=O) groups is 1. The van der Waals surface area contributed by atoms with E-state index < -0.39 is 0 Å². The van der Waals surface area contributed by atoms with Crippen LogP contribution in [0.4, 0.5) is 0 Å². The normalized spacial score (nSPS) is 14.5. The Bertz CT molecular complexity index is 483. The second kappa shape index (κ2) is 4.78. The quantitative estimate of drug-likeness (QED) is 0.825. The van der Waals surface area contributed by atoms with Gasteiger partial charge in [-0.2, -0.15) is 0 Å². The molecule has 0 amide bonds. The van der Waals surface area contributed by atoms with E-state index in [1.54, 1.807) is 0 Å². The van der Waals surface area contributed by atoms with Gasteiger partial charge >= 0.3 is 0 Å². The van der Waals surface area contributed by atoms with Crippen molar-refractivity contribution in [3.8, 4) is 5.75 Å². The number of halogens is 1. The van der Waals surface area contributed by atoms with Crippen LogP contribution < -0.4 is 5.73 Å². The smallest absolute Gasteiger partial charge is 0.180 e. The van der Waals surface area contributed by atoms with E-state index in [9.17, 15) is 9.90 Å². The van der Waals surface area contributed by atoms with Gasteiger partial charge in [-0.25, -0.2) is 0 Å². The molecular formula is C13H16BrNO2. The average Bonchev–Trinajstić information content (AvgIpc) is 2.36. The number of nitrogens with two attached hydrogens (primary N) is 1. The lowest BCUT2D eigenvalue weighted by molar-refractivity contribution is 0.0998. The molecule has 0 aromatic heterocycles. The first kappa shape index (κ1) is 12.6. The van der Waals surface area contributed by atoms with Gasteiger partial charge in [-0.05, 0) is 65.2 Å². The minimum atomic E-state index is -0.200. The largest absolute Gasteiger partial charge is 0.506 e. The van der Waals surface area contributed by atoms with Crippen LogP contribution in [0.15, 0.2) is 4.47 Å². The molecule has 3 nitrogen and oxygen atoms in total. The summed E-state index contributed by atoms with van der Waals surface area (Å²) in [6, 6.07) is 0. The van der Waals surface area contributed by atoms with Crippen LogP contribution >= 0.6 is 15.9 Å². The number of hydrogen-bond donors (Lipinski definition) is 2. The van der Waals surface area contributed by atoms with Gasteiger partial charge in [-0.15, -0.1) is 0 Å². The molecule has 2 rings (SSSR count). The average molecular weight is 298 g/mol. The number of benzene rings is 1. The molecule has 0 bridgehead atoms. The van der Waals surface area contributed by atoms with Crippen LogP contribution in [-0.2, 0) is 12.8 Å². The maximum atomic E-state index is 11.8. The second-order valence-corrected chi connectivity index (χ2v) is 5.25. The summed E-state index contributed by atoms with van der Waals surface area (Å²) < 4.78 is 0.676. The van der Waals surface area contributed by atoms with Gasteiger partial charge in [0.15, 0.2) is 5.78 Å². The molecule has 0 heterocycles. The molecule has 0 saturated heterocycles. The van der Waals surface area contributed by atoms with Gasteiger partial charge < -0.3 is 10.8 Å². The van der Waals surface area contributed by atoms with E-state index >= 15 is 0 Å². The minimum absolute atomic E-state index is 0.0543. The van der Waals surface area contributed by atoms with Crippen molar-refractivity contribution in [1.29, 1.82) is 0 Å². The highest BCUT2D eigenvalue weighted by Crippen LogP contribution is 2.40. The fourth-order valence-corrected chi connectivity index (χ4v) is 3.22. The molecular weight excluding hydrogens is 282 g/mol. The van der Waals surface area contributed by atoms with E-state index in [1.807, 2.05) is 6.92 Å². The van der Waals surface area contributed by atoms with E-state index in [-0.39, 0.29) is 18.1 Å². The Morgan fingerprint density at radius 1 is 1.35 bits per heavy atom. The van der Waals surface area contributed by atoms with Gasteiger partial charge in [0.05, 0.1) is 16.6 Å². The Morgan fingerprint density at radius 3 is 2.53 bits per heavy atom. The summed E-state index contributed by atoms with van der Waals surface area (Å²) in [6.45, 7) is 1.83. The highest BCUT2D eigenvalue weighted by atomic mass is 79.9. The molecule has 0 atom stereocenters. The van der Waals surface area contributed by atoms with E-state index in [4.69, 9.17) is 5.73 Å². The number of rotatable bonds is 2. The molecule has 17 heavy (non-hydrogen) atoms. The number of phenolic OH excluding ortho intramolecular Hbond substituents is 1. The third-order valence-corrected chi connectivity index (χ3v) is 4.32. The van der Waals surface area contributed by atoms with E-state index in [0.29, 0.717) is 10.0 Å². The summed E-state index contributed by atoms with van der Waals surface area (Å²) in [5, 5.41) is 10.1. The summed E-state index contributed by atoms with van der Waals surface area (Å²) >= 11 is 3.41. The third kappa shape index (κ3) is 2.00. The van der Waals surface area contributed by atoms with Gasteiger partial charge in [0, 0.05) is 0 Å². The molecule has 1 aliphatic carbocycles. The lowest BCUT2D eigenvalue weighted by atomic mass is 9.85. The second-order valence-electron chi connectivity index (χ2n) is 4.45. The molecule has 0 fully saturated rings. The fraction of sp³-hybridized carbons (Fsp3) is 0.462. The Morgan fingerprint density at radius 2 is 1.94 bits per heavy atom. The first-order valence-corrected chi connectivity index (χ1v) is 6.63. The molecule has 0 radical (unpaired) electrons. The number of fused-ring (bicyclic) bond motifs is 1. The third-order valence-electron chi connectivity index (χ3n) is 3.47. The van der Waals surface area contributed by atoms with Crippen molar-refractivity contribution in [2.75, 3.05) is 6.54 Å². The Hall–Kier alpha value is -0.870. The van der Waals surface area contributed by atoms with Crippen LogP contribution in [0.3, 0.4) is 0 Å². The van der Waals surface area contributed by atoms with Gasteiger partial charge in [0.2, 0.25) is 0 Å². The number of hydrogen-bond acceptors (Lipinski definition) is 3. The summed E-state index contributed by atoms with van der Waals surface area (Å²) in [6.07, 6.45) is 4.21.